The van der Waals surface area contributed by atoms with Gasteiger partial charge in [0.25, 0.3) is 5.91 Å². The average molecular weight is 416 g/mol. The molecule has 1 saturated heterocycles. The first-order valence-corrected chi connectivity index (χ1v) is 10.6. The molecule has 1 fully saturated rings. The van der Waals surface area contributed by atoms with Crippen LogP contribution in [0.1, 0.15) is 46.9 Å². The van der Waals surface area contributed by atoms with Crippen molar-refractivity contribution in [1.29, 1.82) is 0 Å². The second kappa shape index (κ2) is 6.77. The Balaban J connectivity index is 1.43. The van der Waals surface area contributed by atoms with Crippen LogP contribution in [0.3, 0.4) is 0 Å². The van der Waals surface area contributed by atoms with E-state index in [0.29, 0.717) is 17.6 Å². The van der Waals surface area contributed by atoms with E-state index in [4.69, 9.17) is 9.52 Å². The van der Waals surface area contributed by atoms with Crippen LogP contribution in [0.5, 0.6) is 0 Å². The smallest absolute Gasteiger partial charge is 0.256 e. The van der Waals surface area contributed by atoms with Crippen molar-refractivity contribution in [2.75, 3.05) is 0 Å². The lowest BCUT2D eigenvalue weighted by Gasteiger charge is -2.45. The van der Waals surface area contributed by atoms with Crippen LogP contribution in [0, 0.1) is 5.82 Å². The minimum absolute atomic E-state index is 0.0379. The normalized spacial score (nSPS) is 20.1. The van der Waals surface area contributed by atoms with Gasteiger partial charge in [0, 0.05) is 36.5 Å². The molecule has 0 saturated carbocycles. The van der Waals surface area contributed by atoms with Crippen LogP contribution in [-0.2, 0) is 13.5 Å². The summed E-state index contributed by atoms with van der Waals surface area (Å²) < 4.78 is 21.2. The number of piperidine rings is 1. The Bertz CT molecular complexity index is 1320. The van der Waals surface area contributed by atoms with Gasteiger partial charge in [-0.05, 0) is 43.9 Å². The zero-order valence-electron chi connectivity index (χ0n) is 17.1. The van der Waals surface area contributed by atoms with E-state index < -0.39 is 0 Å². The van der Waals surface area contributed by atoms with Crippen LogP contribution in [0.15, 0.2) is 53.3 Å². The van der Waals surface area contributed by atoms with Gasteiger partial charge in [0.05, 0.1) is 29.3 Å². The van der Waals surface area contributed by atoms with Crippen molar-refractivity contribution in [1.82, 2.24) is 19.7 Å². The van der Waals surface area contributed by atoms with E-state index in [0.717, 1.165) is 47.3 Å². The zero-order chi connectivity index (χ0) is 21.1. The summed E-state index contributed by atoms with van der Waals surface area (Å²) in [5.41, 5.74) is 5.70. The molecule has 2 atom stereocenters. The predicted octanol–water partition coefficient (Wildman–Crippen LogP) is 4.66. The monoisotopic (exact) mass is 416 g/mol. The third-order valence-corrected chi connectivity index (χ3v) is 6.56. The fraction of sp³-hybridized carbons (Fsp3) is 0.292. The van der Waals surface area contributed by atoms with Crippen molar-refractivity contribution in [2.45, 2.75) is 37.8 Å². The van der Waals surface area contributed by atoms with E-state index in [1.165, 1.54) is 6.07 Å². The summed E-state index contributed by atoms with van der Waals surface area (Å²) in [6.07, 6.45) is 6.78. The number of carbonyl (C=O) groups excluding carboxylic acids is 1. The predicted molar refractivity (Wildman–Crippen MR) is 113 cm³/mol. The number of hydrogen-bond acceptors (Lipinski definition) is 4. The highest BCUT2D eigenvalue weighted by Crippen LogP contribution is 2.45. The molecule has 156 valence electrons. The van der Waals surface area contributed by atoms with Gasteiger partial charge < -0.3 is 9.32 Å². The molecule has 6 nitrogen and oxygen atoms in total. The lowest BCUT2D eigenvalue weighted by molar-refractivity contribution is 0.0391. The van der Waals surface area contributed by atoms with E-state index in [1.807, 2.05) is 22.7 Å². The molecule has 2 bridgehead atoms. The number of benzene rings is 1. The van der Waals surface area contributed by atoms with Gasteiger partial charge in [-0.25, -0.2) is 4.39 Å². The van der Waals surface area contributed by atoms with Crippen molar-refractivity contribution in [2.24, 2.45) is 7.05 Å². The number of furan rings is 1. The second-order valence-corrected chi connectivity index (χ2v) is 8.39. The van der Waals surface area contributed by atoms with Crippen LogP contribution in [-0.4, -0.2) is 31.6 Å². The number of halogens is 1. The number of fused-ring (bicyclic) bond motifs is 5. The molecule has 31 heavy (non-hydrogen) atoms. The molecule has 5 heterocycles. The topological polar surface area (TPSA) is 64.2 Å². The molecule has 1 amide bonds. The summed E-state index contributed by atoms with van der Waals surface area (Å²) in [7, 11) is 1.89. The third-order valence-electron chi connectivity index (χ3n) is 6.56. The molecule has 6 rings (SSSR count). The molecular weight excluding hydrogens is 395 g/mol. The SMILES string of the molecule is Cn1nc2c(c1-c1cccc(F)c1)C[C@H]1CCC[C@@H]2N1C(=O)c1cnc2ccoc2c1. The summed E-state index contributed by atoms with van der Waals surface area (Å²) >= 11 is 0. The molecule has 0 unspecified atom stereocenters. The molecule has 0 aliphatic carbocycles. The Morgan fingerprint density at radius 3 is 3.00 bits per heavy atom. The van der Waals surface area contributed by atoms with Crippen molar-refractivity contribution in [3.05, 3.63) is 71.5 Å². The average Bonchev–Trinajstić information content (AvgIpc) is 3.36. The molecule has 2 aliphatic rings. The van der Waals surface area contributed by atoms with E-state index >= 15 is 0 Å². The van der Waals surface area contributed by atoms with Gasteiger partial charge in [-0.15, -0.1) is 0 Å². The minimum atomic E-state index is -0.263. The number of amides is 1. The van der Waals surface area contributed by atoms with Crippen molar-refractivity contribution in [3.63, 3.8) is 0 Å². The number of carbonyl (C=O) groups is 1. The summed E-state index contributed by atoms with van der Waals surface area (Å²) in [6.45, 7) is 0. The highest BCUT2D eigenvalue weighted by Gasteiger charge is 2.43. The Morgan fingerprint density at radius 1 is 1.23 bits per heavy atom. The van der Waals surface area contributed by atoms with Crippen LogP contribution >= 0.6 is 0 Å². The summed E-state index contributed by atoms with van der Waals surface area (Å²) in [5.74, 6) is -0.301. The molecule has 7 heteroatoms. The van der Waals surface area contributed by atoms with Crippen LogP contribution in [0.4, 0.5) is 4.39 Å². The van der Waals surface area contributed by atoms with Gasteiger partial charge in [0.15, 0.2) is 5.58 Å². The molecule has 0 radical (unpaired) electrons. The number of aromatic nitrogens is 3. The van der Waals surface area contributed by atoms with Gasteiger partial charge in [-0.2, -0.15) is 5.10 Å². The lowest BCUT2D eigenvalue weighted by atomic mass is 9.81. The first kappa shape index (κ1) is 18.3. The fourth-order valence-electron chi connectivity index (χ4n) is 5.26. The third kappa shape index (κ3) is 2.80. The van der Waals surface area contributed by atoms with Gasteiger partial charge in [0.1, 0.15) is 11.3 Å². The minimum Gasteiger partial charge on any atom is -0.463 e. The number of nitrogens with zero attached hydrogens (tertiary/aromatic N) is 4. The van der Waals surface area contributed by atoms with E-state index in [9.17, 15) is 9.18 Å². The van der Waals surface area contributed by atoms with Crippen LogP contribution < -0.4 is 0 Å². The van der Waals surface area contributed by atoms with Crippen molar-refractivity contribution in [3.8, 4) is 11.3 Å². The number of aryl methyl sites for hydroxylation is 1. The van der Waals surface area contributed by atoms with Crippen LogP contribution in [0.25, 0.3) is 22.4 Å². The van der Waals surface area contributed by atoms with Crippen LogP contribution in [0.2, 0.25) is 0 Å². The van der Waals surface area contributed by atoms with E-state index in [1.54, 1.807) is 36.7 Å². The fourth-order valence-corrected chi connectivity index (χ4v) is 5.26. The standard InChI is InChI=1S/C24H21FN4O2/c1-28-23(14-4-2-5-16(25)10-14)18-12-17-6-3-7-20(22(18)27-28)29(17)24(30)15-11-21-19(26-13-15)8-9-31-21/h2,4-5,8-11,13,17,20H,3,6-7,12H2,1H3/t17-,20+/m1/s1. The van der Waals surface area contributed by atoms with Gasteiger partial charge in [0.2, 0.25) is 0 Å². The molecule has 1 aromatic carbocycles. The number of hydrogen-bond donors (Lipinski definition) is 0. The summed E-state index contributed by atoms with van der Waals surface area (Å²) in [4.78, 5) is 19.9. The Kier molecular flexibility index (Phi) is 4.00. The molecule has 4 aromatic rings. The zero-order valence-corrected chi connectivity index (χ0v) is 17.1. The maximum atomic E-state index is 13.9. The van der Waals surface area contributed by atoms with Gasteiger partial charge in [-0.3, -0.25) is 14.5 Å². The molecule has 2 aliphatic heterocycles. The number of pyridine rings is 1. The Hall–Kier alpha value is -3.48. The van der Waals surface area contributed by atoms with E-state index in [-0.39, 0.29) is 23.8 Å². The molecular formula is C24H21FN4O2. The lowest BCUT2D eigenvalue weighted by Crippen LogP contribution is -2.49. The van der Waals surface area contributed by atoms with Crippen molar-refractivity contribution < 1.29 is 13.6 Å². The highest BCUT2D eigenvalue weighted by molar-refractivity contribution is 5.97. The highest BCUT2D eigenvalue weighted by atomic mass is 19.1. The van der Waals surface area contributed by atoms with Crippen molar-refractivity contribution >= 4 is 17.0 Å². The Labute approximate surface area is 178 Å². The van der Waals surface area contributed by atoms with E-state index in [2.05, 4.69) is 4.98 Å². The maximum Gasteiger partial charge on any atom is 0.256 e. The molecule has 3 aromatic heterocycles. The molecule has 0 spiro atoms. The first-order chi connectivity index (χ1) is 15.1. The van der Waals surface area contributed by atoms with Gasteiger partial charge >= 0.3 is 0 Å². The maximum absolute atomic E-state index is 13.9. The number of rotatable bonds is 2. The largest absolute Gasteiger partial charge is 0.463 e. The second-order valence-electron chi connectivity index (χ2n) is 8.39. The Morgan fingerprint density at radius 2 is 2.13 bits per heavy atom. The quantitative estimate of drug-likeness (QED) is 0.477. The van der Waals surface area contributed by atoms with Gasteiger partial charge in [-0.1, -0.05) is 12.1 Å². The summed E-state index contributed by atoms with van der Waals surface area (Å²) in [5, 5.41) is 4.81. The first-order valence-electron chi connectivity index (χ1n) is 10.6. The summed E-state index contributed by atoms with van der Waals surface area (Å²) in [6, 6.07) is 10.2. The molecule has 0 N–H and O–H groups in total.